The first-order chi connectivity index (χ1) is 7.19. The summed E-state index contributed by atoms with van der Waals surface area (Å²) in [7, 11) is 0. The summed E-state index contributed by atoms with van der Waals surface area (Å²) in [5, 5.41) is 17.1. The highest BCUT2D eigenvalue weighted by Crippen LogP contribution is 2.13. The van der Waals surface area contributed by atoms with Gasteiger partial charge < -0.3 is 14.4 Å². The van der Waals surface area contributed by atoms with Gasteiger partial charge in [0.1, 0.15) is 6.26 Å². The molecule has 0 aliphatic carbocycles. The highest BCUT2D eigenvalue weighted by molar-refractivity contribution is 5.85. The second-order valence-electron chi connectivity index (χ2n) is 2.81. The first-order valence-electron chi connectivity index (χ1n) is 4.49. The average Bonchev–Trinajstić information content (AvgIpc) is 2.68. The number of carbonyl (C=O) groups is 1. The number of aromatic nitrogens is 1. The second-order valence-corrected chi connectivity index (χ2v) is 2.81. The van der Waals surface area contributed by atoms with E-state index >= 15 is 0 Å². The number of nitrogens with zero attached hydrogens (tertiary/aromatic N) is 3. The molecule has 0 unspecified atom stereocenters. The molecule has 1 rings (SSSR count). The predicted octanol–water partition coefficient (Wildman–Crippen LogP) is 1.11. The Balaban J connectivity index is 2.74. The molecule has 0 aliphatic rings. The molecule has 6 heteroatoms. The van der Waals surface area contributed by atoms with E-state index in [1.807, 2.05) is 13.0 Å². The van der Waals surface area contributed by atoms with Gasteiger partial charge in [-0.1, -0.05) is 0 Å². The SMILES string of the molecule is CCN(CCC#N)c1nc(C(=O)O)co1. The van der Waals surface area contributed by atoms with E-state index in [1.165, 1.54) is 0 Å². The zero-order valence-corrected chi connectivity index (χ0v) is 8.30. The summed E-state index contributed by atoms with van der Waals surface area (Å²) in [6.07, 6.45) is 1.44. The number of hydrogen-bond acceptors (Lipinski definition) is 5. The smallest absolute Gasteiger partial charge is 0.357 e. The van der Waals surface area contributed by atoms with Crippen molar-refractivity contribution in [3.8, 4) is 6.07 Å². The largest absolute Gasteiger partial charge is 0.476 e. The lowest BCUT2D eigenvalue weighted by Gasteiger charge is -2.15. The van der Waals surface area contributed by atoms with Gasteiger partial charge in [-0.3, -0.25) is 0 Å². The van der Waals surface area contributed by atoms with Gasteiger partial charge >= 0.3 is 5.97 Å². The molecular formula is C9H11N3O3. The van der Waals surface area contributed by atoms with Crippen LogP contribution in [0.4, 0.5) is 6.01 Å². The van der Waals surface area contributed by atoms with Crippen LogP contribution in [0.1, 0.15) is 23.8 Å². The van der Waals surface area contributed by atoms with Gasteiger partial charge in [-0.15, -0.1) is 0 Å². The Morgan fingerprint density at radius 1 is 1.80 bits per heavy atom. The van der Waals surface area contributed by atoms with Crippen molar-refractivity contribution in [3.63, 3.8) is 0 Å². The molecule has 0 saturated carbocycles. The predicted molar refractivity (Wildman–Crippen MR) is 51.6 cm³/mol. The standard InChI is InChI=1S/C9H11N3O3/c1-2-12(5-3-4-10)9-11-7(6-15-9)8(13)14/h6H,2-3,5H2,1H3,(H,13,14). The summed E-state index contributed by atoms with van der Waals surface area (Å²) >= 11 is 0. The summed E-state index contributed by atoms with van der Waals surface area (Å²) in [5.41, 5.74) is -0.125. The van der Waals surface area contributed by atoms with Crippen molar-refractivity contribution in [3.05, 3.63) is 12.0 Å². The fourth-order valence-corrected chi connectivity index (χ4v) is 1.08. The monoisotopic (exact) mass is 209 g/mol. The number of nitriles is 1. The maximum atomic E-state index is 10.5. The van der Waals surface area contributed by atoms with E-state index in [9.17, 15) is 4.79 Å². The molecule has 15 heavy (non-hydrogen) atoms. The number of hydrogen-bond donors (Lipinski definition) is 1. The molecule has 1 N–H and O–H groups in total. The van der Waals surface area contributed by atoms with Crippen LogP contribution >= 0.6 is 0 Å². The molecule has 6 nitrogen and oxygen atoms in total. The fraction of sp³-hybridized carbons (Fsp3) is 0.444. The Bertz CT molecular complexity index is 380. The van der Waals surface area contributed by atoms with Crippen LogP contribution in [0.3, 0.4) is 0 Å². The van der Waals surface area contributed by atoms with Crippen molar-refractivity contribution in [2.45, 2.75) is 13.3 Å². The Kier molecular flexibility index (Phi) is 3.68. The van der Waals surface area contributed by atoms with Crippen molar-refractivity contribution >= 4 is 12.0 Å². The lowest BCUT2D eigenvalue weighted by molar-refractivity contribution is 0.0690. The average molecular weight is 209 g/mol. The highest BCUT2D eigenvalue weighted by Gasteiger charge is 2.14. The van der Waals surface area contributed by atoms with E-state index in [0.717, 1.165) is 6.26 Å². The van der Waals surface area contributed by atoms with Gasteiger partial charge in [0.15, 0.2) is 5.69 Å². The quantitative estimate of drug-likeness (QED) is 0.781. The summed E-state index contributed by atoms with van der Waals surface area (Å²) in [5.74, 6) is -1.12. The third kappa shape index (κ3) is 2.71. The zero-order chi connectivity index (χ0) is 11.3. The van der Waals surface area contributed by atoms with Gasteiger partial charge in [0.05, 0.1) is 12.5 Å². The Morgan fingerprint density at radius 3 is 3.00 bits per heavy atom. The summed E-state index contributed by atoms with van der Waals surface area (Å²) in [6, 6.07) is 2.25. The number of oxazole rings is 1. The summed E-state index contributed by atoms with van der Waals surface area (Å²) in [6.45, 7) is 2.97. The lowest BCUT2D eigenvalue weighted by atomic mass is 10.4. The molecule has 80 valence electrons. The van der Waals surface area contributed by atoms with Gasteiger partial charge in [0.2, 0.25) is 0 Å². The Labute approximate surface area is 86.7 Å². The second kappa shape index (κ2) is 5.00. The van der Waals surface area contributed by atoms with Crippen LogP contribution in [-0.2, 0) is 0 Å². The maximum Gasteiger partial charge on any atom is 0.357 e. The molecular weight excluding hydrogens is 198 g/mol. The molecule has 0 atom stereocenters. The summed E-state index contributed by atoms with van der Waals surface area (Å²) < 4.78 is 5.00. The van der Waals surface area contributed by atoms with Crippen LogP contribution in [0.25, 0.3) is 0 Å². The third-order valence-corrected chi connectivity index (χ3v) is 1.86. The van der Waals surface area contributed by atoms with Crippen LogP contribution < -0.4 is 4.90 Å². The first-order valence-corrected chi connectivity index (χ1v) is 4.49. The van der Waals surface area contributed by atoms with E-state index in [2.05, 4.69) is 4.98 Å². The van der Waals surface area contributed by atoms with Gasteiger partial charge in [-0.25, -0.2) is 4.79 Å². The molecule has 1 aromatic rings. The van der Waals surface area contributed by atoms with Gasteiger partial charge in [-0.05, 0) is 6.92 Å². The number of carboxylic acids is 1. The summed E-state index contributed by atoms with van der Waals surface area (Å²) in [4.78, 5) is 16.0. The minimum atomic E-state index is -1.12. The fourth-order valence-electron chi connectivity index (χ4n) is 1.08. The van der Waals surface area contributed by atoms with E-state index < -0.39 is 5.97 Å². The Morgan fingerprint density at radius 2 is 2.53 bits per heavy atom. The zero-order valence-electron chi connectivity index (χ0n) is 8.30. The lowest BCUT2D eigenvalue weighted by Crippen LogP contribution is -2.24. The molecule has 0 saturated heterocycles. The number of anilines is 1. The number of rotatable bonds is 5. The van der Waals surface area contributed by atoms with Gasteiger partial charge in [0.25, 0.3) is 6.01 Å². The molecule has 1 heterocycles. The van der Waals surface area contributed by atoms with Crippen molar-refractivity contribution in [1.82, 2.24) is 4.98 Å². The number of aromatic carboxylic acids is 1. The van der Waals surface area contributed by atoms with Crippen LogP contribution in [-0.4, -0.2) is 29.1 Å². The van der Waals surface area contributed by atoms with Crippen LogP contribution in [0.2, 0.25) is 0 Å². The molecule has 0 fully saturated rings. The van der Waals surface area contributed by atoms with E-state index in [-0.39, 0.29) is 11.7 Å². The van der Waals surface area contributed by atoms with Crippen molar-refractivity contribution in [2.75, 3.05) is 18.0 Å². The first kappa shape index (κ1) is 11.0. The molecule has 0 aromatic carbocycles. The molecule has 0 aliphatic heterocycles. The van der Waals surface area contributed by atoms with Crippen molar-refractivity contribution < 1.29 is 14.3 Å². The molecule has 1 aromatic heterocycles. The molecule has 0 spiro atoms. The Hall–Kier alpha value is -2.03. The van der Waals surface area contributed by atoms with Gasteiger partial charge in [0, 0.05) is 13.1 Å². The van der Waals surface area contributed by atoms with E-state index in [0.29, 0.717) is 19.5 Å². The van der Waals surface area contributed by atoms with Crippen LogP contribution in [0.15, 0.2) is 10.7 Å². The molecule has 0 bridgehead atoms. The van der Waals surface area contributed by atoms with Crippen molar-refractivity contribution in [1.29, 1.82) is 5.26 Å². The normalized spacial score (nSPS) is 9.60. The van der Waals surface area contributed by atoms with Crippen LogP contribution in [0, 0.1) is 11.3 Å². The highest BCUT2D eigenvalue weighted by atomic mass is 16.4. The van der Waals surface area contributed by atoms with Crippen LogP contribution in [0.5, 0.6) is 0 Å². The molecule has 0 radical (unpaired) electrons. The molecule has 0 amide bonds. The topological polar surface area (TPSA) is 90.4 Å². The third-order valence-electron chi connectivity index (χ3n) is 1.86. The minimum Gasteiger partial charge on any atom is -0.476 e. The van der Waals surface area contributed by atoms with Crippen molar-refractivity contribution in [2.24, 2.45) is 0 Å². The minimum absolute atomic E-state index is 0.125. The van der Waals surface area contributed by atoms with E-state index in [1.54, 1.807) is 4.90 Å². The van der Waals surface area contributed by atoms with Gasteiger partial charge in [-0.2, -0.15) is 10.2 Å². The maximum absolute atomic E-state index is 10.5. The van der Waals surface area contributed by atoms with E-state index in [4.69, 9.17) is 14.8 Å². The number of carboxylic acid groups (broad SMARTS) is 1.